The Morgan fingerprint density at radius 1 is 1.08 bits per heavy atom. The SMILES string of the molecule is O=C(CCN1CCCCC1)NNC(=O)COc1ccc(Cl)cc1Cl. The van der Waals surface area contributed by atoms with Crippen molar-refractivity contribution in [1.82, 2.24) is 15.8 Å². The maximum atomic E-state index is 11.7. The number of hydrazine groups is 1. The lowest BCUT2D eigenvalue weighted by atomic mass is 10.1. The maximum Gasteiger partial charge on any atom is 0.276 e. The predicted molar refractivity (Wildman–Crippen MR) is 93.2 cm³/mol. The van der Waals surface area contributed by atoms with Crippen molar-refractivity contribution in [2.24, 2.45) is 0 Å². The smallest absolute Gasteiger partial charge is 0.276 e. The molecule has 24 heavy (non-hydrogen) atoms. The molecule has 2 N–H and O–H groups in total. The molecule has 0 bridgehead atoms. The van der Waals surface area contributed by atoms with Crippen LogP contribution in [0, 0.1) is 0 Å². The van der Waals surface area contributed by atoms with Crippen molar-refractivity contribution in [2.75, 3.05) is 26.2 Å². The minimum atomic E-state index is -0.465. The van der Waals surface area contributed by atoms with Crippen molar-refractivity contribution in [1.29, 1.82) is 0 Å². The van der Waals surface area contributed by atoms with Gasteiger partial charge in [0.1, 0.15) is 5.75 Å². The Morgan fingerprint density at radius 2 is 1.79 bits per heavy atom. The number of hydrogen-bond acceptors (Lipinski definition) is 4. The monoisotopic (exact) mass is 373 g/mol. The van der Waals surface area contributed by atoms with Crippen LogP contribution in [-0.4, -0.2) is 43.0 Å². The van der Waals surface area contributed by atoms with Crippen molar-refractivity contribution < 1.29 is 14.3 Å². The van der Waals surface area contributed by atoms with E-state index in [0.717, 1.165) is 13.1 Å². The van der Waals surface area contributed by atoms with Gasteiger partial charge in [-0.2, -0.15) is 0 Å². The van der Waals surface area contributed by atoms with Crippen molar-refractivity contribution in [3.8, 4) is 5.75 Å². The first-order valence-electron chi connectivity index (χ1n) is 7.92. The molecular weight excluding hydrogens is 353 g/mol. The van der Waals surface area contributed by atoms with Crippen LogP contribution in [0.5, 0.6) is 5.75 Å². The zero-order chi connectivity index (χ0) is 17.4. The van der Waals surface area contributed by atoms with E-state index in [1.54, 1.807) is 12.1 Å². The van der Waals surface area contributed by atoms with E-state index in [9.17, 15) is 9.59 Å². The number of nitrogens with zero attached hydrogens (tertiary/aromatic N) is 1. The Morgan fingerprint density at radius 3 is 2.50 bits per heavy atom. The van der Waals surface area contributed by atoms with Crippen LogP contribution in [0.4, 0.5) is 0 Å². The highest BCUT2D eigenvalue weighted by atomic mass is 35.5. The molecule has 1 aliphatic rings. The molecule has 1 aromatic carbocycles. The molecule has 0 aliphatic carbocycles. The number of hydrogen-bond donors (Lipinski definition) is 2. The van der Waals surface area contributed by atoms with Crippen molar-refractivity contribution in [2.45, 2.75) is 25.7 Å². The molecule has 1 fully saturated rings. The molecule has 8 heteroatoms. The zero-order valence-electron chi connectivity index (χ0n) is 13.3. The van der Waals surface area contributed by atoms with Crippen molar-refractivity contribution >= 4 is 35.0 Å². The molecule has 0 radical (unpaired) electrons. The Kier molecular flexibility index (Phi) is 7.62. The van der Waals surface area contributed by atoms with Gasteiger partial charge in [0.15, 0.2) is 6.61 Å². The van der Waals surface area contributed by atoms with Crippen LogP contribution in [0.3, 0.4) is 0 Å². The highest BCUT2D eigenvalue weighted by molar-refractivity contribution is 6.35. The third-order valence-electron chi connectivity index (χ3n) is 3.70. The van der Waals surface area contributed by atoms with Gasteiger partial charge in [0.2, 0.25) is 5.91 Å². The quantitative estimate of drug-likeness (QED) is 0.751. The first-order valence-corrected chi connectivity index (χ1v) is 8.68. The van der Waals surface area contributed by atoms with Gasteiger partial charge in [0.05, 0.1) is 5.02 Å². The molecular formula is C16H21Cl2N3O3. The summed E-state index contributed by atoms with van der Waals surface area (Å²) < 4.78 is 5.28. The first-order chi connectivity index (χ1) is 11.5. The summed E-state index contributed by atoms with van der Waals surface area (Å²) in [5, 5.41) is 0.804. The Labute approximate surface area is 151 Å². The van der Waals surface area contributed by atoms with E-state index in [4.69, 9.17) is 27.9 Å². The van der Waals surface area contributed by atoms with Gasteiger partial charge in [-0.25, -0.2) is 0 Å². The molecule has 132 valence electrons. The Bertz CT molecular complexity index is 578. The summed E-state index contributed by atoms with van der Waals surface area (Å²) in [5.41, 5.74) is 4.70. The minimum absolute atomic E-state index is 0.224. The average Bonchev–Trinajstić information content (AvgIpc) is 2.58. The van der Waals surface area contributed by atoms with E-state index in [0.29, 0.717) is 28.8 Å². The molecule has 0 unspecified atom stereocenters. The van der Waals surface area contributed by atoms with Gasteiger partial charge >= 0.3 is 0 Å². The van der Waals surface area contributed by atoms with Crippen LogP contribution >= 0.6 is 23.2 Å². The standard InChI is InChI=1S/C16H21Cl2N3O3/c17-12-4-5-14(13(18)10-12)24-11-16(23)20-19-15(22)6-9-21-7-2-1-3-8-21/h4-5,10H,1-3,6-9,11H2,(H,19,22)(H,20,23). The topological polar surface area (TPSA) is 70.7 Å². The van der Waals surface area contributed by atoms with E-state index < -0.39 is 5.91 Å². The highest BCUT2D eigenvalue weighted by Crippen LogP contribution is 2.27. The number of piperidine rings is 1. The van der Waals surface area contributed by atoms with E-state index in [1.165, 1.54) is 25.3 Å². The average molecular weight is 374 g/mol. The van der Waals surface area contributed by atoms with E-state index in [1.807, 2.05) is 0 Å². The number of amides is 2. The van der Waals surface area contributed by atoms with Gasteiger partial charge in [-0.1, -0.05) is 29.6 Å². The molecule has 0 spiro atoms. The number of carbonyl (C=O) groups is 2. The van der Waals surface area contributed by atoms with Crippen LogP contribution in [0.25, 0.3) is 0 Å². The predicted octanol–water partition coefficient (Wildman–Crippen LogP) is 2.40. The number of halogens is 2. The van der Waals surface area contributed by atoms with Crippen LogP contribution < -0.4 is 15.6 Å². The maximum absolute atomic E-state index is 11.7. The van der Waals surface area contributed by atoms with Crippen LogP contribution in [0.2, 0.25) is 10.0 Å². The second-order valence-corrected chi connectivity index (χ2v) is 6.46. The Hall–Kier alpha value is -1.50. The summed E-state index contributed by atoms with van der Waals surface area (Å²) in [7, 11) is 0. The third-order valence-corrected chi connectivity index (χ3v) is 4.23. The van der Waals surface area contributed by atoms with Crippen molar-refractivity contribution in [3.05, 3.63) is 28.2 Å². The second kappa shape index (κ2) is 9.71. The first kappa shape index (κ1) is 18.8. The molecule has 0 aromatic heterocycles. The van der Waals surface area contributed by atoms with Crippen LogP contribution in [-0.2, 0) is 9.59 Å². The third kappa shape index (κ3) is 6.55. The van der Waals surface area contributed by atoms with Gasteiger partial charge in [-0.05, 0) is 44.1 Å². The van der Waals surface area contributed by atoms with Crippen LogP contribution in [0.1, 0.15) is 25.7 Å². The molecule has 1 saturated heterocycles. The minimum Gasteiger partial charge on any atom is -0.482 e. The summed E-state index contributed by atoms with van der Waals surface area (Å²) in [4.78, 5) is 25.7. The summed E-state index contributed by atoms with van der Waals surface area (Å²) in [6.45, 7) is 2.52. The number of likely N-dealkylation sites (tertiary alicyclic amines) is 1. The molecule has 1 aliphatic heterocycles. The van der Waals surface area contributed by atoms with Crippen molar-refractivity contribution in [3.63, 3.8) is 0 Å². The van der Waals surface area contributed by atoms with Gasteiger partial charge < -0.3 is 9.64 Å². The van der Waals surface area contributed by atoms with Gasteiger partial charge in [0, 0.05) is 18.0 Å². The van der Waals surface area contributed by atoms with Crippen LogP contribution in [0.15, 0.2) is 18.2 Å². The summed E-state index contributed by atoms with van der Waals surface area (Å²) >= 11 is 11.7. The fraction of sp³-hybridized carbons (Fsp3) is 0.500. The summed E-state index contributed by atoms with van der Waals surface area (Å²) in [6.07, 6.45) is 3.98. The lowest BCUT2D eigenvalue weighted by Crippen LogP contribution is -2.45. The lowest BCUT2D eigenvalue weighted by Gasteiger charge is -2.25. The summed E-state index contributed by atoms with van der Waals surface area (Å²) in [5.74, 6) is -0.335. The number of ether oxygens (including phenoxy) is 1. The number of carbonyl (C=O) groups excluding carboxylic acids is 2. The molecule has 0 saturated carbocycles. The van der Waals surface area contributed by atoms with Gasteiger partial charge in [-0.15, -0.1) is 0 Å². The van der Waals surface area contributed by atoms with Gasteiger partial charge in [0.25, 0.3) is 5.91 Å². The molecule has 2 rings (SSSR count). The highest BCUT2D eigenvalue weighted by Gasteiger charge is 2.12. The zero-order valence-corrected chi connectivity index (χ0v) is 14.8. The molecule has 1 heterocycles. The number of rotatable bonds is 6. The molecule has 6 nitrogen and oxygen atoms in total. The Balaban J connectivity index is 1.62. The molecule has 2 amide bonds. The normalized spacial score (nSPS) is 14.9. The fourth-order valence-electron chi connectivity index (χ4n) is 2.42. The molecule has 1 aromatic rings. The number of benzene rings is 1. The largest absolute Gasteiger partial charge is 0.482 e. The molecule has 0 atom stereocenters. The van der Waals surface area contributed by atoms with E-state index in [-0.39, 0.29) is 12.5 Å². The second-order valence-electron chi connectivity index (χ2n) is 5.61. The number of nitrogens with one attached hydrogen (secondary N) is 2. The summed E-state index contributed by atoms with van der Waals surface area (Å²) in [6, 6.07) is 4.72. The van der Waals surface area contributed by atoms with E-state index >= 15 is 0 Å². The van der Waals surface area contributed by atoms with E-state index in [2.05, 4.69) is 15.8 Å². The van der Waals surface area contributed by atoms with Gasteiger partial charge in [-0.3, -0.25) is 20.4 Å². The fourth-order valence-corrected chi connectivity index (χ4v) is 2.88. The lowest BCUT2D eigenvalue weighted by molar-refractivity contribution is -0.130.